The summed E-state index contributed by atoms with van der Waals surface area (Å²) in [6.45, 7) is 0. The Balaban J connectivity index is 2.46. The molecule has 0 saturated heterocycles. The number of aromatic nitrogens is 1. The van der Waals surface area contributed by atoms with Crippen molar-refractivity contribution in [3.8, 4) is 11.1 Å². The fourth-order valence-corrected chi connectivity index (χ4v) is 2.11. The molecule has 1 aromatic carbocycles. The predicted octanol–water partition coefficient (Wildman–Crippen LogP) is 5.73. The molecule has 0 unspecified atom stereocenters. The number of rotatable bonds is 1. The van der Waals surface area contributed by atoms with Gasteiger partial charge in [0.2, 0.25) is 0 Å². The minimum absolute atomic E-state index is 0.153. The highest BCUT2D eigenvalue weighted by Crippen LogP contribution is 2.38. The molecule has 7 heteroatoms. The lowest BCUT2D eigenvalue weighted by atomic mass is 10.1. The van der Waals surface area contributed by atoms with Crippen LogP contribution in [0.15, 0.2) is 30.5 Å². The Morgan fingerprint density at radius 1 is 0.895 bits per heavy atom. The zero-order chi connectivity index (χ0) is 14.2. The van der Waals surface area contributed by atoms with Gasteiger partial charge in [-0.3, -0.25) is 4.98 Å². The molecule has 1 heterocycles. The predicted molar refractivity (Wildman–Crippen MR) is 69.7 cm³/mol. The molecule has 19 heavy (non-hydrogen) atoms. The summed E-state index contributed by atoms with van der Waals surface area (Å²) < 4.78 is 37.2. The molecule has 2 rings (SSSR count). The number of pyridine rings is 1. The fourth-order valence-electron chi connectivity index (χ4n) is 1.47. The van der Waals surface area contributed by atoms with E-state index in [1.54, 1.807) is 6.07 Å². The van der Waals surface area contributed by atoms with Crippen LogP contribution in [0.3, 0.4) is 0 Å². The second-order valence-electron chi connectivity index (χ2n) is 3.65. The van der Waals surface area contributed by atoms with Gasteiger partial charge in [0.15, 0.2) is 0 Å². The molecule has 0 amide bonds. The maximum atomic E-state index is 12.4. The van der Waals surface area contributed by atoms with Crippen molar-refractivity contribution in [3.05, 3.63) is 51.2 Å². The summed E-state index contributed by atoms with van der Waals surface area (Å²) in [6.07, 6.45) is -3.38. The Kier molecular flexibility index (Phi) is 3.95. The third kappa shape index (κ3) is 2.96. The van der Waals surface area contributed by atoms with Crippen molar-refractivity contribution >= 4 is 34.8 Å². The van der Waals surface area contributed by atoms with Crippen LogP contribution in [0.1, 0.15) is 5.69 Å². The normalized spacial score (nSPS) is 11.7. The molecule has 2 aromatic rings. The highest BCUT2D eigenvalue weighted by Gasteiger charge is 2.32. The number of nitrogens with zero attached hydrogens (tertiary/aromatic N) is 1. The maximum absolute atomic E-state index is 12.4. The molecule has 0 N–H and O–H groups in total. The Labute approximate surface area is 121 Å². The van der Waals surface area contributed by atoms with E-state index in [0.717, 1.165) is 12.3 Å². The number of benzene rings is 1. The van der Waals surface area contributed by atoms with E-state index in [4.69, 9.17) is 34.8 Å². The molecule has 0 radical (unpaired) electrons. The van der Waals surface area contributed by atoms with Crippen LogP contribution in [-0.2, 0) is 6.18 Å². The maximum Gasteiger partial charge on any atom is 0.433 e. The first-order chi connectivity index (χ1) is 8.80. The van der Waals surface area contributed by atoms with Crippen LogP contribution in [-0.4, -0.2) is 4.98 Å². The minimum Gasteiger partial charge on any atom is -0.251 e. The topological polar surface area (TPSA) is 12.9 Å². The third-order valence-corrected chi connectivity index (χ3v) is 3.69. The molecular formula is C12H5Cl3F3N. The van der Waals surface area contributed by atoms with Gasteiger partial charge in [0.05, 0.1) is 15.1 Å². The van der Waals surface area contributed by atoms with Gasteiger partial charge >= 0.3 is 6.18 Å². The number of hydrogen-bond donors (Lipinski definition) is 0. The van der Waals surface area contributed by atoms with Crippen LogP contribution in [0.4, 0.5) is 13.2 Å². The lowest BCUT2D eigenvalue weighted by Crippen LogP contribution is -2.07. The zero-order valence-corrected chi connectivity index (χ0v) is 11.4. The number of alkyl halides is 3. The SMILES string of the molecule is FC(F)(F)c1ccc(-c2ccc(Cl)c(Cl)c2Cl)cn1. The molecule has 0 saturated carbocycles. The van der Waals surface area contributed by atoms with Gasteiger partial charge in [-0.05, 0) is 12.1 Å². The summed E-state index contributed by atoms with van der Waals surface area (Å²) in [5.74, 6) is 0. The molecule has 0 fully saturated rings. The molecule has 0 aliphatic carbocycles. The molecule has 0 aliphatic heterocycles. The lowest BCUT2D eigenvalue weighted by molar-refractivity contribution is -0.141. The van der Waals surface area contributed by atoms with Gasteiger partial charge in [0, 0.05) is 17.3 Å². The van der Waals surface area contributed by atoms with E-state index < -0.39 is 11.9 Å². The van der Waals surface area contributed by atoms with Gasteiger partial charge < -0.3 is 0 Å². The summed E-state index contributed by atoms with van der Waals surface area (Å²) >= 11 is 17.6. The second kappa shape index (κ2) is 5.19. The Morgan fingerprint density at radius 2 is 1.58 bits per heavy atom. The van der Waals surface area contributed by atoms with Gasteiger partial charge in [0.25, 0.3) is 0 Å². The van der Waals surface area contributed by atoms with Crippen LogP contribution in [0.25, 0.3) is 11.1 Å². The van der Waals surface area contributed by atoms with Gasteiger partial charge in [-0.15, -0.1) is 0 Å². The van der Waals surface area contributed by atoms with Crippen molar-refractivity contribution in [1.82, 2.24) is 4.98 Å². The first kappa shape index (κ1) is 14.4. The Bertz CT molecular complexity index is 609. The van der Waals surface area contributed by atoms with Crippen molar-refractivity contribution in [2.24, 2.45) is 0 Å². The quantitative estimate of drug-likeness (QED) is 0.610. The van der Waals surface area contributed by atoms with Crippen LogP contribution in [0.5, 0.6) is 0 Å². The van der Waals surface area contributed by atoms with E-state index in [1.165, 1.54) is 12.1 Å². The van der Waals surface area contributed by atoms with Crippen LogP contribution in [0, 0.1) is 0 Å². The van der Waals surface area contributed by atoms with Gasteiger partial charge in [-0.2, -0.15) is 13.2 Å². The van der Waals surface area contributed by atoms with Crippen LogP contribution >= 0.6 is 34.8 Å². The summed E-state index contributed by atoms with van der Waals surface area (Å²) in [6, 6.07) is 5.25. The highest BCUT2D eigenvalue weighted by atomic mass is 35.5. The number of halogens is 6. The molecule has 0 spiro atoms. The molecular weight excluding hydrogens is 321 g/mol. The van der Waals surface area contributed by atoms with Crippen molar-refractivity contribution in [1.29, 1.82) is 0 Å². The van der Waals surface area contributed by atoms with Crippen LogP contribution < -0.4 is 0 Å². The van der Waals surface area contributed by atoms with Crippen molar-refractivity contribution < 1.29 is 13.2 Å². The molecule has 0 atom stereocenters. The monoisotopic (exact) mass is 325 g/mol. The Hall–Kier alpha value is -0.970. The van der Waals surface area contributed by atoms with Gasteiger partial charge in [-0.1, -0.05) is 46.9 Å². The molecule has 0 aliphatic rings. The zero-order valence-electron chi connectivity index (χ0n) is 9.10. The average molecular weight is 327 g/mol. The van der Waals surface area contributed by atoms with E-state index >= 15 is 0 Å². The largest absolute Gasteiger partial charge is 0.433 e. The molecule has 0 bridgehead atoms. The van der Waals surface area contributed by atoms with E-state index in [1.807, 2.05) is 0 Å². The van der Waals surface area contributed by atoms with E-state index in [-0.39, 0.29) is 15.1 Å². The van der Waals surface area contributed by atoms with E-state index in [2.05, 4.69) is 4.98 Å². The standard InChI is InChI=1S/C12H5Cl3F3N/c13-8-3-2-7(10(14)11(8)15)6-1-4-9(19-5-6)12(16,17)18/h1-5H. The third-order valence-electron chi connectivity index (χ3n) is 2.40. The number of hydrogen-bond acceptors (Lipinski definition) is 1. The summed E-state index contributed by atoms with van der Waals surface area (Å²) in [4.78, 5) is 3.36. The van der Waals surface area contributed by atoms with E-state index in [0.29, 0.717) is 11.1 Å². The smallest absolute Gasteiger partial charge is 0.251 e. The average Bonchev–Trinajstić information content (AvgIpc) is 2.35. The summed E-state index contributed by atoms with van der Waals surface area (Å²) in [7, 11) is 0. The second-order valence-corrected chi connectivity index (χ2v) is 4.82. The molecule has 100 valence electrons. The van der Waals surface area contributed by atoms with Crippen molar-refractivity contribution in [3.63, 3.8) is 0 Å². The van der Waals surface area contributed by atoms with E-state index in [9.17, 15) is 13.2 Å². The van der Waals surface area contributed by atoms with Crippen molar-refractivity contribution in [2.75, 3.05) is 0 Å². The minimum atomic E-state index is -4.47. The van der Waals surface area contributed by atoms with Crippen LogP contribution in [0.2, 0.25) is 15.1 Å². The summed E-state index contributed by atoms with van der Waals surface area (Å²) in [5, 5.41) is 0.603. The first-order valence-corrected chi connectivity index (χ1v) is 6.11. The highest BCUT2D eigenvalue weighted by molar-refractivity contribution is 6.49. The molecule has 1 nitrogen and oxygen atoms in total. The molecule has 1 aromatic heterocycles. The summed E-state index contributed by atoms with van der Waals surface area (Å²) in [5.41, 5.74) is -0.0682. The fraction of sp³-hybridized carbons (Fsp3) is 0.0833. The Morgan fingerprint density at radius 3 is 2.11 bits per heavy atom. The lowest BCUT2D eigenvalue weighted by Gasteiger charge is -2.09. The van der Waals surface area contributed by atoms with Crippen molar-refractivity contribution in [2.45, 2.75) is 6.18 Å². The first-order valence-electron chi connectivity index (χ1n) is 4.98. The van der Waals surface area contributed by atoms with Gasteiger partial charge in [0.1, 0.15) is 5.69 Å². The van der Waals surface area contributed by atoms with Gasteiger partial charge in [-0.25, -0.2) is 0 Å².